The van der Waals surface area contributed by atoms with Crippen molar-refractivity contribution >= 4 is 0 Å². The lowest BCUT2D eigenvalue weighted by Crippen LogP contribution is -1.95. The molecule has 0 aliphatic rings. The van der Waals surface area contributed by atoms with Gasteiger partial charge in [-0.3, -0.25) is 0 Å². The third-order valence-electron chi connectivity index (χ3n) is 2.74. The van der Waals surface area contributed by atoms with E-state index in [0.717, 1.165) is 28.4 Å². The quantitative estimate of drug-likeness (QED) is 0.825. The van der Waals surface area contributed by atoms with E-state index in [4.69, 9.17) is 14.2 Å². The van der Waals surface area contributed by atoms with Gasteiger partial charge in [-0.1, -0.05) is 12.1 Å². The normalized spacial score (nSPS) is 9.94. The number of benzene rings is 2. The van der Waals surface area contributed by atoms with Crippen molar-refractivity contribution in [2.45, 2.75) is 0 Å². The minimum absolute atomic E-state index is 0.743. The minimum Gasteiger partial charge on any atom is -0.496 e. The van der Waals surface area contributed by atoms with Crippen LogP contribution in [0.3, 0.4) is 0 Å². The fourth-order valence-electron chi connectivity index (χ4n) is 1.91. The summed E-state index contributed by atoms with van der Waals surface area (Å²) in [5.41, 5.74) is 1.77. The van der Waals surface area contributed by atoms with Crippen LogP contribution in [0.2, 0.25) is 0 Å². The molecule has 0 atom stereocenters. The van der Waals surface area contributed by atoms with E-state index in [9.17, 15) is 0 Å². The molecule has 0 unspecified atom stereocenters. The van der Waals surface area contributed by atoms with E-state index >= 15 is 0 Å². The summed E-state index contributed by atoms with van der Waals surface area (Å²) in [4.78, 5) is 0. The van der Waals surface area contributed by atoms with E-state index in [-0.39, 0.29) is 0 Å². The van der Waals surface area contributed by atoms with Crippen LogP contribution in [0.25, 0.3) is 11.1 Å². The Morgan fingerprint density at radius 1 is 0.833 bits per heavy atom. The molecule has 0 amide bonds. The molecule has 18 heavy (non-hydrogen) atoms. The number of rotatable bonds is 4. The summed E-state index contributed by atoms with van der Waals surface area (Å²) in [6.45, 7) is 0. The minimum atomic E-state index is 0.743. The van der Waals surface area contributed by atoms with Gasteiger partial charge in [-0.2, -0.15) is 0 Å². The van der Waals surface area contributed by atoms with Crippen LogP contribution in [-0.4, -0.2) is 21.3 Å². The molecular formula is C15H15O3. The first-order valence-corrected chi connectivity index (χ1v) is 5.57. The van der Waals surface area contributed by atoms with Crippen LogP contribution < -0.4 is 14.2 Å². The predicted molar refractivity (Wildman–Crippen MR) is 70.4 cm³/mol. The third-order valence-corrected chi connectivity index (χ3v) is 2.74. The number of hydrogen-bond donors (Lipinski definition) is 0. The molecule has 0 aliphatic heterocycles. The first-order valence-electron chi connectivity index (χ1n) is 5.57. The molecule has 0 fully saturated rings. The molecular weight excluding hydrogens is 228 g/mol. The maximum absolute atomic E-state index is 5.39. The van der Waals surface area contributed by atoms with Crippen LogP contribution in [0.1, 0.15) is 0 Å². The van der Waals surface area contributed by atoms with Crippen molar-refractivity contribution in [3.8, 4) is 28.4 Å². The zero-order chi connectivity index (χ0) is 13.0. The molecule has 3 nitrogen and oxygen atoms in total. The van der Waals surface area contributed by atoms with Crippen LogP contribution in [0.15, 0.2) is 36.4 Å². The van der Waals surface area contributed by atoms with E-state index in [1.807, 2.05) is 36.4 Å². The summed E-state index contributed by atoms with van der Waals surface area (Å²) < 4.78 is 16.2. The monoisotopic (exact) mass is 243 g/mol. The molecule has 0 spiro atoms. The zero-order valence-electron chi connectivity index (χ0n) is 10.7. The van der Waals surface area contributed by atoms with Gasteiger partial charge in [0.05, 0.1) is 26.9 Å². The van der Waals surface area contributed by atoms with Crippen molar-refractivity contribution in [3.05, 3.63) is 42.5 Å². The summed E-state index contributed by atoms with van der Waals surface area (Å²) in [6, 6.07) is 14.3. The number of hydrogen-bond acceptors (Lipinski definition) is 3. The third kappa shape index (κ3) is 2.12. The van der Waals surface area contributed by atoms with Crippen molar-refractivity contribution in [3.63, 3.8) is 0 Å². The van der Waals surface area contributed by atoms with Gasteiger partial charge in [0.1, 0.15) is 17.2 Å². The Kier molecular flexibility index (Phi) is 3.72. The summed E-state index contributed by atoms with van der Waals surface area (Å²) in [5.74, 6) is 2.25. The van der Waals surface area contributed by atoms with Crippen molar-refractivity contribution in [1.82, 2.24) is 0 Å². The Morgan fingerprint density at radius 3 is 2.00 bits per heavy atom. The number of ether oxygens (including phenoxy) is 3. The van der Waals surface area contributed by atoms with Gasteiger partial charge in [0.2, 0.25) is 0 Å². The van der Waals surface area contributed by atoms with E-state index < -0.39 is 0 Å². The molecule has 0 aliphatic carbocycles. The molecule has 1 radical (unpaired) electrons. The Morgan fingerprint density at radius 2 is 1.44 bits per heavy atom. The predicted octanol–water partition coefficient (Wildman–Crippen LogP) is 3.18. The van der Waals surface area contributed by atoms with E-state index in [2.05, 4.69) is 6.07 Å². The Balaban J connectivity index is 2.68. The Hall–Kier alpha value is -2.16. The lowest BCUT2D eigenvalue weighted by atomic mass is 10.0. The second-order valence-corrected chi connectivity index (χ2v) is 3.66. The van der Waals surface area contributed by atoms with Crippen molar-refractivity contribution in [1.29, 1.82) is 0 Å². The topological polar surface area (TPSA) is 27.7 Å². The zero-order valence-corrected chi connectivity index (χ0v) is 10.7. The van der Waals surface area contributed by atoms with Gasteiger partial charge in [0, 0.05) is 5.56 Å². The molecule has 0 N–H and O–H groups in total. The molecule has 3 heteroatoms. The van der Waals surface area contributed by atoms with Crippen molar-refractivity contribution in [2.75, 3.05) is 21.3 Å². The molecule has 0 aromatic heterocycles. The largest absolute Gasteiger partial charge is 0.496 e. The van der Waals surface area contributed by atoms with Gasteiger partial charge in [0.15, 0.2) is 0 Å². The van der Waals surface area contributed by atoms with E-state index in [0.29, 0.717) is 0 Å². The van der Waals surface area contributed by atoms with Crippen LogP contribution in [0.5, 0.6) is 17.2 Å². The van der Waals surface area contributed by atoms with Gasteiger partial charge >= 0.3 is 0 Å². The maximum Gasteiger partial charge on any atom is 0.130 e. The van der Waals surface area contributed by atoms with Crippen LogP contribution in [0.4, 0.5) is 0 Å². The van der Waals surface area contributed by atoms with Crippen molar-refractivity contribution < 1.29 is 14.2 Å². The molecule has 0 heterocycles. The fraction of sp³-hybridized carbons (Fsp3) is 0.200. The summed E-state index contributed by atoms with van der Waals surface area (Å²) in [5, 5.41) is 0. The van der Waals surface area contributed by atoms with Gasteiger partial charge in [-0.15, -0.1) is 0 Å². The van der Waals surface area contributed by atoms with Crippen molar-refractivity contribution in [2.24, 2.45) is 0 Å². The Labute approximate surface area is 107 Å². The highest BCUT2D eigenvalue weighted by Gasteiger charge is 2.15. The summed E-state index contributed by atoms with van der Waals surface area (Å²) >= 11 is 0. The Bertz CT molecular complexity index is 513. The average molecular weight is 243 g/mol. The molecule has 0 saturated carbocycles. The second-order valence-electron chi connectivity index (χ2n) is 3.66. The number of methoxy groups -OCH3 is 3. The summed E-state index contributed by atoms with van der Waals surface area (Å²) in [7, 11) is 4.91. The maximum atomic E-state index is 5.39. The van der Waals surface area contributed by atoms with Crippen LogP contribution in [0, 0.1) is 6.07 Å². The van der Waals surface area contributed by atoms with Gasteiger partial charge in [0.25, 0.3) is 0 Å². The molecule has 0 bridgehead atoms. The van der Waals surface area contributed by atoms with Gasteiger partial charge in [-0.05, 0) is 30.3 Å². The molecule has 93 valence electrons. The highest BCUT2D eigenvalue weighted by atomic mass is 16.5. The molecule has 2 rings (SSSR count). The smallest absolute Gasteiger partial charge is 0.130 e. The van der Waals surface area contributed by atoms with E-state index in [1.165, 1.54) is 0 Å². The first-order chi connectivity index (χ1) is 8.81. The SMILES string of the molecule is COc1cc[c]cc1-c1c(OC)cccc1OC. The highest BCUT2D eigenvalue weighted by molar-refractivity contribution is 5.81. The first kappa shape index (κ1) is 12.3. The van der Waals surface area contributed by atoms with E-state index in [1.54, 1.807) is 21.3 Å². The molecule has 2 aromatic carbocycles. The summed E-state index contributed by atoms with van der Waals surface area (Å²) in [6.07, 6.45) is 0. The van der Waals surface area contributed by atoms with Crippen LogP contribution in [-0.2, 0) is 0 Å². The highest BCUT2D eigenvalue weighted by Crippen LogP contribution is 2.42. The van der Waals surface area contributed by atoms with Gasteiger partial charge < -0.3 is 14.2 Å². The van der Waals surface area contributed by atoms with Gasteiger partial charge in [-0.25, -0.2) is 0 Å². The molecule has 2 aromatic rings. The lowest BCUT2D eigenvalue weighted by Gasteiger charge is -2.15. The molecule has 0 saturated heterocycles. The average Bonchev–Trinajstić information content (AvgIpc) is 2.46. The standard InChI is InChI=1S/C15H15O3/c1-16-12-8-5-4-7-11(12)15-13(17-2)9-6-10-14(15)18-3/h5-10H,1-3H3. The lowest BCUT2D eigenvalue weighted by molar-refractivity contribution is 0.394. The fourth-order valence-corrected chi connectivity index (χ4v) is 1.91. The second kappa shape index (κ2) is 5.45. The van der Waals surface area contributed by atoms with Crippen LogP contribution >= 0.6 is 0 Å².